The van der Waals surface area contributed by atoms with Crippen molar-refractivity contribution < 1.29 is 6.26 Å². The molecule has 0 radical (unpaired) electrons. The lowest BCUT2D eigenvalue weighted by Gasteiger charge is -1.99. The van der Waals surface area contributed by atoms with Gasteiger partial charge in [0.2, 0.25) is 0 Å². The molecule has 0 amide bonds. The van der Waals surface area contributed by atoms with Crippen molar-refractivity contribution in [2.45, 2.75) is 27.2 Å². The Balaban J connectivity index is 0. The van der Waals surface area contributed by atoms with E-state index in [2.05, 4.69) is 34.7 Å². The fourth-order valence-corrected chi connectivity index (χ4v) is 0.802. The summed E-state index contributed by atoms with van der Waals surface area (Å²) in [5.74, 6) is 0. The van der Waals surface area contributed by atoms with Gasteiger partial charge < -0.3 is 4.84 Å². The summed E-state index contributed by atoms with van der Waals surface area (Å²) in [5.41, 5.74) is 12.4. The summed E-state index contributed by atoms with van der Waals surface area (Å²) in [6.45, 7) is 9.73. The minimum absolute atomic E-state index is 0. The molecule has 0 rings (SSSR count). The predicted octanol–water partition coefficient (Wildman–Crippen LogP) is 3.23. The highest BCUT2D eigenvalue weighted by molar-refractivity contribution is 5.97. The summed E-state index contributed by atoms with van der Waals surface area (Å²) in [5, 5.41) is 3.91. The summed E-state index contributed by atoms with van der Waals surface area (Å²) in [6, 6.07) is 0. The van der Waals surface area contributed by atoms with Crippen molar-refractivity contribution in [3.05, 3.63) is 35.1 Å². The summed E-state index contributed by atoms with van der Waals surface area (Å²) in [4.78, 5) is 4.94. The van der Waals surface area contributed by atoms with Crippen LogP contribution in [-0.4, -0.2) is 12.3 Å². The van der Waals surface area contributed by atoms with E-state index in [1.807, 2.05) is 20.8 Å². The Bertz CT molecular complexity index is 359. The number of rotatable bonds is 4. The fraction of sp³-hybridized carbons (Fsp3) is 0.417. The summed E-state index contributed by atoms with van der Waals surface area (Å²) in [6.07, 6.45) is 0.828. The predicted molar refractivity (Wildman–Crippen MR) is 60.3 cm³/mol. The Kier molecular flexibility index (Phi) is 7.00. The zero-order valence-corrected chi connectivity index (χ0v) is 8.98. The highest BCUT2D eigenvalue weighted by Gasteiger charge is 1.97. The molecule has 0 aliphatic rings. The molecule has 2 nitrogen and oxygen atoms in total. The molecule has 0 fully saturated rings. The Morgan fingerprint density at radius 1 is 1.43 bits per heavy atom. The van der Waals surface area contributed by atoms with Crippen molar-refractivity contribution in [1.82, 2.24) is 0 Å². The number of hydrogen-bond donors (Lipinski definition) is 0. The standard InChI is InChI=1S/C12H15NO.H2/c1-5-8-9-10-12(6-2)11(4)13-14-7-3;/h1,6-7H2,2-4H3;1H/b13-11+;. The molecule has 0 atom stereocenters. The summed E-state index contributed by atoms with van der Waals surface area (Å²) >= 11 is 0. The van der Waals surface area contributed by atoms with E-state index in [1.54, 1.807) is 0 Å². The first-order chi connectivity index (χ1) is 6.76. The Labute approximate surface area is 86.8 Å². The Morgan fingerprint density at radius 3 is 2.64 bits per heavy atom. The maximum Gasteiger partial charge on any atom is 0.114 e. The second kappa shape index (κ2) is 7.95. The van der Waals surface area contributed by atoms with E-state index in [0.29, 0.717) is 6.61 Å². The topological polar surface area (TPSA) is 21.6 Å². The lowest BCUT2D eigenvalue weighted by atomic mass is 10.1. The van der Waals surface area contributed by atoms with Gasteiger partial charge in [-0.25, -0.2) is 0 Å². The maximum absolute atomic E-state index is 4.94. The third-order valence-electron chi connectivity index (χ3n) is 1.49. The molecule has 0 unspecified atom stereocenters. The molecular weight excluding hydrogens is 174 g/mol. The van der Waals surface area contributed by atoms with Crippen LogP contribution in [0.4, 0.5) is 0 Å². The summed E-state index contributed by atoms with van der Waals surface area (Å²) in [7, 11) is 0. The number of hydrogen-bond acceptors (Lipinski definition) is 2. The van der Waals surface area contributed by atoms with E-state index < -0.39 is 0 Å². The van der Waals surface area contributed by atoms with Gasteiger partial charge in [0.25, 0.3) is 0 Å². The fourth-order valence-electron chi connectivity index (χ4n) is 0.802. The van der Waals surface area contributed by atoms with Gasteiger partial charge in [-0.2, -0.15) is 0 Å². The molecular formula is C12H17NO. The molecule has 14 heavy (non-hydrogen) atoms. The minimum atomic E-state index is 0. The van der Waals surface area contributed by atoms with Gasteiger partial charge in [-0.15, -0.1) is 0 Å². The highest BCUT2D eigenvalue weighted by atomic mass is 16.6. The zero-order chi connectivity index (χ0) is 10.8. The van der Waals surface area contributed by atoms with Crippen molar-refractivity contribution in [2.75, 3.05) is 6.61 Å². The van der Waals surface area contributed by atoms with Crippen molar-refractivity contribution >= 4 is 5.71 Å². The first-order valence-electron chi connectivity index (χ1n) is 4.57. The lowest BCUT2D eigenvalue weighted by Crippen LogP contribution is -1.96. The molecule has 0 saturated carbocycles. The second-order valence-electron chi connectivity index (χ2n) is 2.48. The Hall–Kier alpha value is -1.67. The van der Waals surface area contributed by atoms with Crippen LogP contribution < -0.4 is 0 Å². The van der Waals surface area contributed by atoms with Gasteiger partial charge >= 0.3 is 0 Å². The van der Waals surface area contributed by atoms with Crippen LogP contribution >= 0.6 is 0 Å². The van der Waals surface area contributed by atoms with Crippen molar-refractivity contribution in [3.8, 4) is 0 Å². The van der Waals surface area contributed by atoms with Crippen LogP contribution in [0.25, 0.3) is 0 Å². The van der Waals surface area contributed by atoms with E-state index >= 15 is 0 Å². The van der Waals surface area contributed by atoms with Gasteiger partial charge in [0.1, 0.15) is 6.61 Å². The van der Waals surface area contributed by atoms with Crippen LogP contribution in [0.15, 0.2) is 40.2 Å². The molecule has 0 aliphatic carbocycles. The molecule has 0 spiro atoms. The molecule has 0 heterocycles. The first-order valence-corrected chi connectivity index (χ1v) is 4.57. The molecule has 0 saturated heterocycles. The largest absolute Gasteiger partial charge is 0.396 e. The molecule has 0 aromatic heterocycles. The van der Waals surface area contributed by atoms with Gasteiger partial charge in [-0.1, -0.05) is 23.5 Å². The lowest BCUT2D eigenvalue weighted by molar-refractivity contribution is 0.158. The monoisotopic (exact) mass is 191 g/mol. The van der Waals surface area contributed by atoms with E-state index in [9.17, 15) is 0 Å². The molecule has 2 heteroatoms. The number of nitrogens with zero attached hydrogens (tertiary/aromatic N) is 1. The number of oxime groups is 1. The van der Waals surface area contributed by atoms with Crippen LogP contribution in [0, 0.1) is 0 Å². The van der Waals surface area contributed by atoms with Crippen molar-refractivity contribution in [2.24, 2.45) is 5.16 Å². The molecule has 0 aromatic carbocycles. The van der Waals surface area contributed by atoms with Crippen LogP contribution in [0.2, 0.25) is 0 Å². The third-order valence-corrected chi connectivity index (χ3v) is 1.49. The Morgan fingerprint density at radius 2 is 2.14 bits per heavy atom. The van der Waals surface area contributed by atoms with Crippen molar-refractivity contribution in [3.63, 3.8) is 0 Å². The average molecular weight is 191 g/mol. The molecule has 0 aliphatic heterocycles. The zero-order valence-electron chi connectivity index (χ0n) is 8.98. The quantitative estimate of drug-likeness (QED) is 0.380. The smallest absolute Gasteiger partial charge is 0.114 e. The molecule has 0 bridgehead atoms. The molecule has 0 aromatic rings. The van der Waals surface area contributed by atoms with E-state index in [1.165, 1.54) is 0 Å². The van der Waals surface area contributed by atoms with Crippen LogP contribution in [-0.2, 0) is 4.84 Å². The first kappa shape index (κ1) is 12.3. The van der Waals surface area contributed by atoms with Crippen LogP contribution in [0.5, 0.6) is 0 Å². The van der Waals surface area contributed by atoms with E-state index in [4.69, 9.17) is 4.84 Å². The van der Waals surface area contributed by atoms with Crippen LogP contribution in [0.3, 0.4) is 0 Å². The SMILES string of the molecule is C=C=C=C=C=C(CC)/C(C)=N/OCC.[HH]. The van der Waals surface area contributed by atoms with Gasteiger partial charge in [0.15, 0.2) is 0 Å². The van der Waals surface area contributed by atoms with E-state index in [-0.39, 0.29) is 1.43 Å². The molecule has 76 valence electrons. The third kappa shape index (κ3) is 5.06. The normalized spacial score (nSPS) is 9.21. The van der Waals surface area contributed by atoms with Gasteiger partial charge in [-0.3, -0.25) is 0 Å². The highest BCUT2D eigenvalue weighted by Crippen LogP contribution is 2.01. The number of allylic oxidation sites excluding steroid dienone is 1. The second-order valence-corrected chi connectivity index (χ2v) is 2.48. The summed E-state index contributed by atoms with van der Waals surface area (Å²) < 4.78 is 0. The van der Waals surface area contributed by atoms with Crippen LogP contribution in [0.1, 0.15) is 28.6 Å². The molecule has 0 N–H and O–H groups in total. The van der Waals surface area contributed by atoms with Gasteiger partial charge in [0, 0.05) is 7.00 Å². The minimum Gasteiger partial charge on any atom is -0.396 e. The van der Waals surface area contributed by atoms with Gasteiger partial charge in [0.05, 0.1) is 5.71 Å². The van der Waals surface area contributed by atoms with Crippen molar-refractivity contribution in [1.29, 1.82) is 0 Å². The average Bonchev–Trinajstić information content (AvgIpc) is 2.21. The van der Waals surface area contributed by atoms with Gasteiger partial charge in [-0.05, 0) is 38.3 Å². The maximum atomic E-state index is 4.94. The van der Waals surface area contributed by atoms with E-state index in [0.717, 1.165) is 17.7 Å².